The summed E-state index contributed by atoms with van der Waals surface area (Å²) < 4.78 is 23.0. The summed E-state index contributed by atoms with van der Waals surface area (Å²) in [5.74, 6) is 0.542. The lowest BCUT2D eigenvalue weighted by Crippen LogP contribution is -2.25. The summed E-state index contributed by atoms with van der Waals surface area (Å²) in [4.78, 5) is 0. The van der Waals surface area contributed by atoms with E-state index in [9.17, 15) is 4.39 Å². The van der Waals surface area contributed by atoms with Gasteiger partial charge in [0.2, 0.25) is 0 Å². The normalized spacial score (nSPS) is 12.5. The van der Waals surface area contributed by atoms with E-state index in [1.807, 2.05) is 0 Å². The van der Waals surface area contributed by atoms with E-state index >= 15 is 0 Å². The molecule has 84 valence electrons. The molecule has 0 aliphatic heterocycles. The second-order valence-electron chi connectivity index (χ2n) is 3.32. The smallest absolute Gasteiger partial charge is 0.123 e. The third-order valence-electron chi connectivity index (χ3n) is 2.04. The maximum atomic E-state index is 12.6. The fraction of sp³-hybridized carbons (Fsp3) is 0.455. The molecule has 1 aromatic rings. The first kappa shape index (κ1) is 11.9. The maximum absolute atomic E-state index is 12.6. The quantitative estimate of drug-likeness (QED) is 0.777. The fourth-order valence-electron chi connectivity index (χ4n) is 1.16. The van der Waals surface area contributed by atoms with Crippen molar-refractivity contribution in [3.05, 3.63) is 30.1 Å². The molecule has 4 heteroatoms. The van der Waals surface area contributed by atoms with Crippen molar-refractivity contribution in [1.82, 2.24) is 0 Å². The van der Waals surface area contributed by atoms with E-state index in [2.05, 4.69) is 0 Å². The number of ether oxygens (including phenoxy) is 2. The van der Waals surface area contributed by atoms with Gasteiger partial charge >= 0.3 is 0 Å². The van der Waals surface area contributed by atoms with Crippen molar-refractivity contribution >= 4 is 0 Å². The molecule has 0 aromatic heterocycles. The molecular weight excluding hydrogens is 197 g/mol. The number of nitrogens with two attached hydrogens (primary N) is 1. The molecule has 0 aliphatic carbocycles. The van der Waals surface area contributed by atoms with Crippen LogP contribution in [0.4, 0.5) is 4.39 Å². The minimum absolute atomic E-state index is 0.167. The molecule has 0 bridgehead atoms. The SMILES string of the molecule is COCC(CN)COc1ccc(F)cc1. The first-order chi connectivity index (χ1) is 7.26. The molecule has 0 saturated heterocycles. The largest absolute Gasteiger partial charge is 0.493 e. The van der Waals surface area contributed by atoms with Crippen LogP contribution in [0.1, 0.15) is 0 Å². The molecule has 0 spiro atoms. The predicted octanol–water partition coefficient (Wildman–Crippen LogP) is 1.43. The van der Waals surface area contributed by atoms with E-state index in [1.54, 1.807) is 19.2 Å². The van der Waals surface area contributed by atoms with Crippen LogP contribution in [0.3, 0.4) is 0 Å². The highest BCUT2D eigenvalue weighted by atomic mass is 19.1. The minimum atomic E-state index is -0.269. The van der Waals surface area contributed by atoms with E-state index in [4.69, 9.17) is 15.2 Å². The van der Waals surface area contributed by atoms with Crippen LogP contribution in [-0.4, -0.2) is 26.9 Å². The summed E-state index contributed by atoms with van der Waals surface area (Å²) in [5, 5.41) is 0. The lowest BCUT2D eigenvalue weighted by molar-refractivity contribution is 0.122. The second-order valence-corrected chi connectivity index (χ2v) is 3.32. The third-order valence-corrected chi connectivity index (χ3v) is 2.04. The molecule has 0 saturated carbocycles. The summed E-state index contributed by atoms with van der Waals surface area (Å²) in [6, 6.07) is 5.91. The highest BCUT2D eigenvalue weighted by Gasteiger charge is 2.06. The highest BCUT2D eigenvalue weighted by molar-refractivity contribution is 5.21. The van der Waals surface area contributed by atoms with Gasteiger partial charge in [-0.25, -0.2) is 4.39 Å². The zero-order valence-electron chi connectivity index (χ0n) is 8.78. The van der Waals surface area contributed by atoms with Crippen molar-refractivity contribution in [3.8, 4) is 5.75 Å². The molecule has 0 radical (unpaired) electrons. The Labute approximate surface area is 89.0 Å². The molecule has 0 fully saturated rings. The summed E-state index contributed by atoms with van der Waals surface area (Å²) in [6.07, 6.45) is 0. The molecule has 1 unspecified atom stereocenters. The van der Waals surface area contributed by atoms with E-state index in [-0.39, 0.29) is 11.7 Å². The first-order valence-electron chi connectivity index (χ1n) is 4.83. The topological polar surface area (TPSA) is 44.5 Å². The molecular formula is C11H16FNO2. The van der Waals surface area contributed by atoms with Crippen molar-refractivity contribution < 1.29 is 13.9 Å². The van der Waals surface area contributed by atoms with Crippen LogP contribution >= 0.6 is 0 Å². The van der Waals surface area contributed by atoms with Gasteiger partial charge < -0.3 is 15.2 Å². The average molecular weight is 213 g/mol. The second kappa shape index (κ2) is 6.37. The van der Waals surface area contributed by atoms with Crippen LogP contribution in [0.25, 0.3) is 0 Å². The number of hydrogen-bond donors (Lipinski definition) is 1. The van der Waals surface area contributed by atoms with Crippen molar-refractivity contribution in [2.45, 2.75) is 0 Å². The molecule has 1 rings (SSSR count). The van der Waals surface area contributed by atoms with E-state index in [0.717, 1.165) is 0 Å². The standard InChI is InChI=1S/C11H16FNO2/c1-14-7-9(6-13)8-15-11-4-2-10(12)3-5-11/h2-5,9H,6-8,13H2,1H3. The molecule has 3 nitrogen and oxygen atoms in total. The molecule has 0 heterocycles. The van der Waals surface area contributed by atoms with Gasteiger partial charge in [0.1, 0.15) is 11.6 Å². The number of rotatable bonds is 6. The summed E-state index contributed by atoms with van der Waals surface area (Å²) in [6.45, 7) is 1.56. The van der Waals surface area contributed by atoms with Crippen LogP contribution in [0.15, 0.2) is 24.3 Å². The molecule has 1 aromatic carbocycles. The number of methoxy groups -OCH3 is 1. The fourth-order valence-corrected chi connectivity index (χ4v) is 1.16. The van der Waals surface area contributed by atoms with Crippen LogP contribution < -0.4 is 10.5 Å². The zero-order chi connectivity index (χ0) is 11.1. The van der Waals surface area contributed by atoms with Crippen LogP contribution in [0, 0.1) is 11.7 Å². The molecule has 0 amide bonds. The van der Waals surface area contributed by atoms with E-state index < -0.39 is 0 Å². The molecule has 1 atom stereocenters. The Hall–Kier alpha value is -1.13. The van der Waals surface area contributed by atoms with Crippen LogP contribution in [-0.2, 0) is 4.74 Å². The van der Waals surface area contributed by atoms with Gasteiger partial charge in [0.05, 0.1) is 13.2 Å². The van der Waals surface area contributed by atoms with Gasteiger partial charge in [-0.15, -0.1) is 0 Å². The predicted molar refractivity (Wildman–Crippen MR) is 56.3 cm³/mol. The van der Waals surface area contributed by atoms with Crippen molar-refractivity contribution in [1.29, 1.82) is 0 Å². The molecule has 15 heavy (non-hydrogen) atoms. The molecule has 2 N–H and O–H groups in total. The molecule has 0 aliphatic rings. The van der Waals surface area contributed by atoms with Gasteiger partial charge in [0, 0.05) is 19.6 Å². The van der Waals surface area contributed by atoms with Gasteiger partial charge in [-0.2, -0.15) is 0 Å². The Morgan fingerprint density at radius 1 is 1.27 bits per heavy atom. The monoisotopic (exact) mass is 213 g/mol. The Morgan fingerprint density at radius 3 is 2.47 bits per heavy atom. The zero-order valence-corrected chi connectivity index (χ0v) is 8.78. The number of hydrogen-bond acceptors (Lipinski definition) is 3. The van der Waals surface area contributed by atoms with Crippen LogP contribution in [0.5, 0.6) is 5.75 Å². The number of benzene rings is 1. The first-order valence-corrected chi connectivity index (χ1v) is 4.83. The van der Waals surface area contributed by atoms with Gasteiger partial charge in [-0.05, 0) is 24.3 Å². The summed E-state index contributed by atoms with van der Waals surface area (Å²) >= 11 is 0. The summed E-state index contributed by atoms with van der Waals surface area (Å²) in [5.41, 5.74) is 5.53. The Morgan fingerprint density at radius 2 is 1.93 bits per heavy atom. The van der Waals surface area contributed by atoms with Gasteiger partial charge in [0.25, 0.3) is 0 Å². The van der Waals surface area contributed by atoms with Gasteiger partial charge in [-0.1, -0.05) is 0 Å². The van der Waals surface area contributed by atoms with Crippen molar-refractivity contribution in [2.75, 3.05) is 26.9 Å². The minimum Gasteiger partial charge on any atom is -0.493 e. The van der Waals surface area contributed by atoms with Gasteiger partial charge in [-0.3, -0.25) is 0 Å². The Bertz CT molecular complexity index is 276. The van der Waals surface area contributed by atoms with Crippen molar-refractivity contribution in [3.63, 3.8) is 0 Å². The lowest BCUT2D eigenvalue weighted by atomic mass is 10.2. The maximum Gasteiger partial charge on any atom is 0.123 e. The van der Waals surface area contributed by atoms with Crippen LogP contribution in [0.2, 0.25) is 0 Å². The average Bonchev–Trinajstić information content (AvgIpc) is 2.26. The summed E-state index contributed by atoms with van der Waals surface area (Å²) in [7, 11) is 1.63. The Balaban J connectivity index is 2.38. The Kier molecular flexibility index (Phi) is 5.07. The third kappa shape index (κ3) is 4.27. The van der Waals surface area contributed by atoms with E-state index in [1.165, 1.54) is 12.1 Å². The van der Waals surface area contributed by atoms with Gasteiger partial charge in [0.15, 0.2) is 0 Å². The van der Waals surface area contributed by atoms with Crippen molar-refractivity contribution in [2.24, 2.45) is 11.7 Å². The lowest BCUT2D eigenvalue weighted by Gasteiger charge is -2.14. The highest BCUT2D eigenvalue weighted by Crippen LogP contribution is 2.12. The number of halogens is 1. The van der Waals surface area contributed by atoms with E-state index in [0.29, 0.717) is 25.5 Å².